The lowest BCUT2D eigenvalue weighted by molar-refractivity contribution is 1.09. The molecule has 0 bridgehead atoms. The molecule has 2 rings (SSSR count). The molecule has 0 amide bonds. The Morgan fingerprint density at radius 2 is 1.69 bits per heavy atom. The maximum absolute atomic E-state index is 4.30. The van der Waals surface area contributed by atoms with E-state index in [-0.39, 0.29) is 0 Å². The summed E-state index contributed by atoms with van der Waals surface area (Å²) in [5, 5.41) is 0. The number of rotatable bonds is 2. The van der Waals surface area contributed by atoms with Crippen molar-refractivity contribution in [2.24, 2.45) is 0 Å². The zero-order chi connectivity index (χ0) is 11.5. The molecule has 0 fully saturated rings. The molecule has 2 nitrogen and oxygen atoms in total. The van der Waals surface area contributed by atoms with Crippen LogP contribution in [0.2, 0.25) is 0 Å². The van der Waals surface area contributed by atoms with Crippen LogP contribution in [-0.2, 0) is 0 Å². The smallest absolute Gasteiger partial charge is 0.0583 e. The first-order chi connectivity index (χ1) is 7.70. The minimum absolute atomic E-state index is 1.17. The summed E-state index contributed by atoms with van der Waals surface area (Å²) in [6.07, 6.45) is 3.83. The highest BCUT2D eigenvalue weighted by atomic mass is 15.1. The fourth-order valence-corrected chi connectivity index (χ4v) is 1.87. The van der Waals surface area contributed by atoms with Gasteiger partial charge < -0.3 is 4.90 Å². The lowest BCUT2D eigenvalue weighted by atomic mass is 10.0. The van der Waals surface area contributed by atoms with E-state index in [1.807, 2.05) is 32.6 Å². The average Bonchev–Trinajstić information content (AvgIpc) is 2.30. The molecular formula is C14H16N2. The van der Waals surface area contributed by atoms with Gasteiger partial charge in [-0.1, -0.05) is 30.3 Å². The average molecular weight is 212 g/mol. The molecule has 2 aromatic rings. The minimum Gasteiger partial charge on any atom is -0.376 e. The summed E-state index contributed by atoms with van der Waals surface area (Å²) in [7, 11) is 4.08. The predicted molar refractivity (Wildman–Crippen MR) is 68.7 cm³/mol. The maximum Gasteiger partial charge on any atom is 0.0583 e. The van der Waals surface area contributed by atoms with E-state index in [4.69, 9.17) is 0 Å². The molecule has 0 aliphatic rings. The first kappa shape index (κ1) is 10.7. The second kappa shape index (κ2) is 4.35. The van der Waals surface area contributed by atoms with Gasteiger partial charge in [-0.05, 0) is 18.1 Å². The summed E-state index contributed by atoms with van der Waals surface area (Å²) >= 11 is 0. The van der Waals surface area contributed by atoms with Gasteiger partial charge in [-0.2, -0.15) is 0 Å². The molecule has 0 spiro atoms. The standard InChI is InChI=1S/C14H16N2/c1-11-13(12-7-5-4-6-8-12)9-15-10-14(11)16(2)3/h4-10H,1-3H3. The van der Waals surface area contributed by atoms with Crippen LogP contribution in [0.1, 0.15) is 5.56 Å². The number of benzene rings is 1. The topological polar surface area (TPSA) is 16.1 Å². The zero-order valence-electron chi connectivity index (χ0n) is 9.94. The van der Waals surface area contributed by atoms with Crippen LogP contribution in [0, 0.1) is 6.92 Å². The van der Waals surface area contributed by atoms with Crippen molar-refractivity contribution in [3.8, 4) is 11.1 Å². The number of aromatic nitrogens is 1. The number of hydrogen-bond acceptors (Lipinski definition) is 2. The van der Waals surface area contributed by atoms with Crippen molar-refractivity contribution in [3.63, 3.8) is 0 Å². The number of pyridine rings is 1. The van der Waals surface area contributed by atoms with Crippen molar-refractivity contribution in [2.75, 3.05) is 19.0 Å². The maximum atomic E-state index is 4.30. The number of anilines is 1. The predicted octanol–water partition coefficient (Wildman–Crippen LogP) is 3.12. The van der Waals surface area contributed by atoms with E-state index >= 15 is 0 Å². The van der Waals surface area contributed by atoms with Crippen molar-refractivity contribution >= 4 is 5.69 Å². The highest BCUT2D eigenvalue weighted by Crippen LogP contribution is 2.28. The van der Waals surface area contributed by atoms with Gasteiger partial charge in [0.15, 0.2) is 0 Å². The van der Waals surface area contributed by atoms with Crippen LogP contribution in [-0.4, -0.2) is 19.1 Å². The van der Waals surface area contributed by atoms with Crippen LogP contribution in [0.3, 0.4) is 0 Å². The highest BCUT2D eigenvalue weighted by molar-refractivity contribution is 5.72. The fourth-order valence-electron chi connectivity index (χ4n) is 1.87. The Morgan fingerprint density at radius 1 is 1.00 bits per heavy atom. The first-order valence-electron chi connectivity index (χ1n) is 5.37. The van der Waals surface area contributed by atoms with Gasteiger partial charge in [0, 0.05) is 25.9 Å². The molecule has 0 N–H and O–H groups in total. The number of hydrogen-bond donors (Lipinski definition) is 0. The van der Waals surface area contributed by atoms with Gasteiger partial charge in [-0.15, -0.1) is 0 Å². The quantitative estimate of drug-likeness (QED) is 0.760. The fraction of sp³-hybridized carbons (Fsp3) is 0.214. The molecule has 0 unspecified atom stereocenters. The SMILES string of the molecule is Cc1c(-c2ccccc2)cncc1N(C)C. The zero-order valence-corrected chi connectivity index (χ0v) is 9.94. The van der Waals surface area contributed by atoms with Gasteiger partial charge in [-0.25, -0.2) is 0 Å². The highest BCUT2D eigenvalue weighted by Gasteiger charge is 2.07. The molecule has 0 aliphatic carbocycles. The molecule has 0 saturated carbocycles. The summed E-state index contributed by atoms with van der Waals surface area (Å²) < 4.78 is 0. The van der Waals surface area contributed by atoms with Gasteiger partial charge >= 0.3 is 0 Å². The van der Waals surface area contributed by atoms with Gasteiger partial charge in [0.05, 0.1) is 11.9 Å². The van der Waals surface area contributed by atoms with Crippen LogP contribution in [0.5, 0.6) is 0 Å². The molecule has 82 valence electrons. The molecule has 1 heterocycles. The third-order valence-electron chi connectivity index (χ3n) is 2.76. The van der Waals surface area contributed by atoms with E-state index < -0.39 is 0 Å². The Morgan fingerprint density at radius 3 is 2.31 bits per heavy atom. The Kier molecular flexibility index (Phi) is 2.91. The monoisotopic (exact) mass is 212 g/mol. The van der Waals surface area contributed by atoms with E-state index in [0.717, 1.165) is 0 Å². The molecule has 0 atom stereocenters. The molecule has 1 aromatic carbocycles. The number of nitrogens with zero attached hydrogens (tertiary/aromatic N) is 2. The summed E-state index contributed by atoms with van der Waals surface area (Å²) in [6, 6.07) is 10.4. The van der Waals surface area contributed by atoms with Crippen LogP contribution < -0.4 is 4.90 Å². The van der Waals surface area contributed by atoms with Gasteiger partial charge in [0.25, 0.3) is 0 Å². The summed E-state index contributed by atoms with van der Waals surface area (Å²) in [4.78, 5) is 6.39. The third kappa shape index (κ3) is 1.91. The second-order valence-electron chi connectivity index (χ2n) is 4.09. The minimum atomic E-state index is 1.17. The third-order valence-corrected chi connectivity index (χ3v) is 2.76. The van der Waals surface area contributed by atoms with E-state index in [1.54, 1.807) is 0 Å². The van der Waals surface area contributed by atoms with Gasteiger partial charge in [0.2, 0.25) is 0 Å². The summed E-state index contributed by atoms with van der Waals surface area (Å²) in [6.45, 7) is 2.14. The Hall–Kier alpha value is -1.83. The summed E-state index contributed by atoms with van der Waals surface area (Å²) in [5.74, 6) is 0. The lowest BCUT2D eigenvalue weighted by Gasteiger charge is -2.17. The van der Waals surface area contributed by atoms with Gasteiger partial charge in [0.1, 0.15) is 0 Å². The van der Waals surface area contributed by atoms with Gasteiger partial charge in [-0.3, -0.25) is 4.98 Å². The molecular weight excluding hydrogens is 196 g/mol. The Bertz CT molecular complexity index is 475. The van der Waals surface area contributed by atoms with Crippen molar-refractivity contribution in [3.05, 3.63) is 48.3 Å². The second-order valence-corrected chi connectivity index (χ2v) is 4.09. The largest absolute Gasteiger partial charge is 0.376 e. The molecule has 0 radical (unpaired) electrons. The van der Waals surface area contributed by atoms with Crippen molar-refractivity contribution in [1.82, 2.24) is 4.98 Å². The van der Waals surface area contributed by atoms with Crippen molar-refractivity contribution in [1.29, 1.82) is 0 Å². The van der Waals surface area contributed by atoms with Crippen LogP contribution >= 0.6 is 0 Å². The Labute approximate surface area is 96.6 Å². The van der Waals surface area contributed by atoms with Crippen LogP contribution in [0.4, 0.5) is 5.69 Å². The van der Waals surface area contributed by atoms with E-state index in [9.17, 15) is 0 Å². The lowest BCUT2D eigenvalue weighted by Crippen LogP contribution is -2.11. The molecule has 0 saturated heterocycles. The van der Waals surface area contributed by atoms with Crippen LogP contribution in [0.15, 0.2) is 42.7 Å². The normalized spacial score (nSPS) is 10.2. The van der Waals surface area contributed by atoms with E-state index in [2.05, 4.69) is 41.1 Å². The van der Waals surface area contributed by atoms with E-state index in [0.29, 0.717) is 0 Å². The van der Waals surface area contributed by atoms with Crippen molar-refractivity contribution in [2.45, 2.75) is 6.92 Å². The van der Waals surface area contributed by atoms with Crippen molar-refractivity contribution < 1.29 is 0 Å². The molecule has 16 heavy (non-hydrogen) atoms. The molecule has 2 heteroatoms. The van der Waals surface area contributed by atoms with E-state index in [1.165, 1.54) is 22.4 Å². The molecule has 1 aromatic heterocycles. The summed E-state index contributed by atoms with van der Waals surface area (Å²) in [5.41, 5.74) is 4.86. The molecule has 0 aliphatic heterocycles. The first-order valence-corrected chi connectivity index (χ1v) is 5.37. The van der Waals surface area contributed by atoms with Crippen LogP contribution in [0.25, 0.3) is 11.1 Å². The Balaban J connectivity index is 2.55.